The zero-order chi connectivity index (χ0) is 17.5. The molecule has 0 spiro atoms. The van der Waals surface area contributed by atoms with Gasteiger partial charge in [0.05, 0.1) is 20.3 Å². The van der Waals surface area contributed by atoms with Gasteiger partial charge in [0.15, 0.2) is 0 Å². The molecular weight excluding hydrogens is 302 g/mol. The first kappa shape index (κ1) is 17.6. The van der Waals surface area contributed by atoms with E-state index in [1.165, 1.54) is 0 Å². The lowest BCUT2D eigenvalue weighted by molar-refractivity contribution is 0.0939. The Labute approximate surface area is 143 Å². The van der Waals surface area contributed by atoms with Gasteiger partial charge in [-0.25, -0.2) is 0 Å². The summed E-state index contributed by atoms with van der Waals surface area (Å²) in [6.07, 6.45) is 2.44. The zero-order valence-electron chi connectivity index (χ0n) is 14.3. The number of carbonyl (C=O) groups is 1. The third kappa shape index (κ3) is 4.16. The first-order valence-electron chi connectivity index (χ1n) is 7.81. The largest absolute Gasteiger partial charge is 0.497 e. The Hall–Kier alpha value is -2.75. The maximum Gasteiger partial charge on any atom is 0.251 e. The third-order valence-corrected chi connectivity index (χ3v) is 3.87. The fourth-order valence-corrected chi connectivity index (χ4v) is 2.49. The Morgan fingerprint density at radius 1 is 1.17 bits per heavy atom. The highest BCUT2D eigenvalue weighted by molar-refractivity contribution is 5.94. The maximum atomic E-state index is 12.5. The van der Waals surface area contributed by atoms with Gasteiger partial charge >= 0.3 is 0 Å². The normalized spacial score (nSPS) is 11.5. The average Bonchev–Trinajstić information content (AvgIpc) is 2.62. The number of methoxy groups -OCH3 is 2. The van der Waals surface area contributed by atoms with Crippen LogP contribution in [-0.4, -0.2) is 20.1 Å². The van der Waals surface area contributed by atoms with Gasteiger partial charge in [-0.2, -0.15) is 0 Å². The summed E-state index contributed by atoms with van der Waals surface area (Å²) in [7, 11) is 3.25. The summed E-state index contributed by atoms with van der Waals surface area (Å²) < 4.78 is 10.5. The number of ether oxygens (including phenoxy) is 2. The highest BCUT2D eigenvalue weighted by Crippen LogP contribution is 2.22. The van der Waals surface area contributed by atoms with Gasteiger partial charge in [0, 0.05) is 5.56 Å². The third-order valence-electron chi connectivity index (χ3n) is 3.87. The number of hydrogen-bond acceptors (Lipinski definition) is 3. The predicted octanol–water partition coefficient (Wildman–Crippen LogP) is 3.92. The van der Waals surface area contributed by atoms with Gasteiger partial charge in [-0.3, -0.25) is 4.79 Å². The van der Waals surface area contributed by atoms with Crippen molar-refractivity contribution in [2.45, 2.75) is 19.4 Å². The lowest BCUT2D eigenvalue weighted by Crippen LogP contribution is -2.26. The molecule has 1 N–H and O–H groups in total. The standard InChI is InChI=1S/C20H23NO3/c1-5-6-16-13-17(9-12-19(16)24-4)20(22)21-14(2)15-7-10-18(23-3)11-8-15/h5,7-14H,1,6H2,2-4H3,(H,21,22). The van der Waals surface area contributed by atoms with Crippen molar-refractivity contribution < 1.29 is 14.3 Å². The Balaban J connectivity index is 2.13. The fourth-order valence-electron chi connectivity index (χ4n) is 2.49. The van der Waals surface area contributed by atoms with E-state index in [0.717, 1.165) is 22.6 Å². The summed E-state index contributed by atoms with van der Waals surface area (Å²) in [5.41, 5.74) is 2.56. The van der Waals surface area contributed by atoms with Crippen molar-refractivity contribution >= 4 is 5.91 Å². The quantitative estimate of drug-likeness (QED) is 0.785. The molecule has 0 saturated heterocycles. The Morgan fingerprint density at radius 3 is 2.46 bits per heavy atom. The van der Waals surface area contributed by atoms with E-state index in [4.69, 9.17) is 9.47 Å². The highest BCUT2D eigenvalue weighted by Gasteiger charge is 2.13. The van der Waals surface area contributed by atoms with E-state index in [1.807, 2.05) is 43.3 Å². The van der Waals surface area contributed by atoms with Gasteiger partial charge in [-0.05, 0) is 54.8 Å². The monoisotopic (exact) mass is 325 g/mol. The maximum absolute atomic E-state index is 12.5. The Bertz CT molecular complexity index is 707. The number of allylic oxidation sites excluding steroid dienone is 1. The van der Waals surface area contributed by atoms with E-state index >= 15 is 0 Å². The molecule has 2 rings (SSSR count). The second-order valence-electron chi connectivity index (χ2n) is 5.49. The van der Waals surface area contributed by atoms with Crippen LogP contribution in [0, 0.1) is 0 Å². The molecule has 24 heavy (non-hydrogen) atoms. The lowest BCUT2D eigenvalue weighted by atomic mass is 10.0. The summed E-state index contributed by atoms with van der Waals surface area (Å²) in [5, 5.41) is 3.01. The molecule has 4 nitrogen and oxygen atoms in total. The van der Waals surface area contributed by atoms with Gasteiger partial charge in [0.1, 0.15) is 11.5 Å². The van der Waals surface area contributed by atoms with E-state index in [2.05, 4.69) is 11.9 Å². The lowest BCUT2D eigenvalue weighted by Gasteiger charge is -2.16. The van der Waals surface area contributed by atoms with E-state index in [1.54, 1.807) is 26.4 Å². The fraction of sp³-hybridized carbons (Fsp3) is 0.250. The van der Waals surface area contributed by atoms with Crippen LogP contribution in [0.2, 0.25) is 0 Å². The van der Waals surface area contributed by atoms with Crippen LogP contribution in [0.4, 0.5) is 0 Å². The van der Waals surface area contributed by atoms with Crippen molar-refractivity contribution in [2.75, 3.05) is 14.2 Å². The van der Waals surface area contributed by atoms with Gasteiger partial charge in [0.25, 0.3) is 5.91 Å². The topological polar surface area (TPSA) is 47.6 Å². The number of hydrogen-bond donors (Lipinski definition) is 1. The first-order chi connectivity index (χ1) is 11.6. The summed E-state index contributed by atoms with van der Waals surface area (Å²) in [6.45, 7) is 5.69. The second-order valence-corrected chi connectivity index (χ2v) is 5.49. The predicted molar refractivity (Wildman–Crippen MR) is 95.8 cm³/mol. The molecule has 4 heteroatoms. The van der Waals surface area contributed by atoms with Crippen LogP contribution in [0.25, 0.3) is 0 Å². The summed E-state index contributed by atoms with van der Waals surface area (Å²) in [5.74, 6) is 1.43. The van der Waals surface area contributed by atoms with Crippen molar-refractivity contribution in [3.05, 3.63) is 71.8 Å². The molecule has 0 saturated carbocycles. The van der Waals surface area contributed by atoms with Gasteiger partial charge in [-0.15, -0.1) is 6.58 Å². The van der Waals surface area contributed by atoms with Gasteiger partial charge < -0.3 is 14.8 Å². The van der Waals surface area contributed by atoms with Crippen LogP contribution in [-0.2, 0) is 6.42 Å². The van der Waals surface area contributed by atoms with E-state index < -0.39 is 0 Å². The van der Waals surface area contributed by atoms with Gasteiger partial charge in [-0.1, -0.05) is 18.2 Å². The zero-order valence-corrected chi connectivity index (χ0v) is 14.3. The van der Waals surface area contributed by atoms with Crippen LogP contribution < -0.4 is 14.8 Å². The molecule has 0 aromatic heterocycles. The smallest absolute Gasteiger partial charge is 0.251 e. The summed E-state index contributed by atoms with van der Waals surface area (Å²) in [6, 6.07) is 13.0. The number of carbonyl (C=O) groups excluding carboxylic acids is 1. The molecule has 1 atom stereocenters. The molecule has 0 bridgehead atoms. The number of amides is 1. The van der Waals surface area contributed by atoms with Crippen molar-refractivity contribution in [3.63, 3.8) is 0 Å². The molecule has 1 unspecified atom stereocenters. The number of nitrogens with one attached hydrogen (secondary N) is 1. The molecule has 1 amide bonds. The molecule has 0 fully saturated rings. The minimum atomic E-state index is -0.119. The second kappa shape index (κ2) is 8.20. The summed E-state index contributed by atoms with van der Waals surface area (Å²) >= 11 is 0. The molecule has 0 aliphatic rings. The molecule has 126 valence electrons. The van der Waals surface area contributed by atoms with Crippen LogP contribution in [0.3, 0.4) is 0 Å². The molecule has 2 aromatic rings. The first-order valence-corrected chi connectivity index (χ1v) is 7.81. The van der Waals surface area contributed by atoms with Crippen molar-refractivity contribution in [1.29, 1.82) is 0 Å². The van der Waals surface area contributed by atoms with Crippen molar-refractivity contribution in [2.24, 2.45) is 0 Å². The molecule has 0 radical (unpaired) electrons. The van der Waals surface area contributed by atoms with Crippen molar-refractivity contribution in [3.8, 4) is 11.5 Å². The van der Waals surface area contributed by atoms with Gasteiger partial charge in [0.2, 0.25) is 0 Å². The molecule has 0 aliphatic carbocycles. The van der Waals surface area contributed by atoms with E-state index in [9.17, 15) is 4.79 Å². The molecule has 0 aliphatic heterocycles. The Morgan fingerprint density at radius 2 is 1.88 bits per heavy atom. The minimum absolute atomic E-state index is 0.103. The number of benzene rings is 2. The van der Waals surface area contributed by atoms with E-state index in [0.29, 0.717) is 12.0 Å². The average molecular weight is 325 g/mol. The van der Waals surface area contributed by atoms with E-state index in [-0.39, 0.29) is 11.9 Å². The van der Waals surface area contributed by atoms with Crippen molar-refractivity contribution in [1.82, 2.24) is 5.32 Å². The SMILES string of the molecule is C=CCc1cc(C(=O)NC(C)c2ccc(OC)cc2)ccc1OC. The van der Waals surface area contributed by atoms with Crippen LogP contribution in [0.5, 0.6) is 11.5 Å². The highest BCUT2D eigenvalue weighted by atomic mass is 16.5. The molecular formula is C20H23NO3. The number of rotatable bonds is 7. The molecule has 0 heterocycles. The van der Waals surface area contributed by atoms with Crippen LogP contribution in [0.15, 0.2) is 55.1 Å². The molecule has 2 aromatic carbocycles. The van der Waals surface area contributed by atoms with Crippen LogP contribution in [0.1, 0.15) is 34.5 Å². The summed E-state index contributed by atoms with van der Waals surface area (Å²) in [4.78, 5) is 12.5. The van der Waals surface area contributed by atoms with Crippen LogP contribution >= 0.6 is 0 Å². The minimum Gasteiger partial charge on any atom is -0.497 e. The Kier molecular flexibility index (Phi) is 6.01.